The van der Waals surface area contributed by atoms with Crippen molar-refractivity contribution in [2.45, 2.75) is 56.8 Å². The Bertz CT molecular complexity index is 452. The van der Waals surface area contributed by atoms with Crippen molar-refractivity contribution in [1.82, 2.24) is 0 Å². The summed E-state index contributed by atoms with van der Waals surface area (Å²) in [5, 5.41) is 12.1. The molecule has 0 amide bonds. The molecule has 0 radical (unpaired) electrons. The predicted molar refractivity (Wildman–Crippen MR) is 96.8 cm³/mol. The molecule has 2 heteroatoms. The van der Waals surface area contributed by atoms with E-state index in [2.05, 4.69) is 63.5 Å². The maximum atomic E-state index is 10.9. The summed E-state index contributed by atoms with van der Waals surface area (Å²) in [4.78, 5) is 0. The Hall–Kier alpha value is -1.12. The van der Waals surface area contributed by atoms with E-state index >= 15 is 0 Å². The molecule has 21 heavy (non-hydrogen) atoms. The number of aliphatic hydroxyl groups excluding tert-OH is 1. The third-order valence-electron chi connectivity index (χ3n) is 4.93. The lowest BCUT2D eigenvalue weighted by molar-refractivity contribution is 0.122. The molecule has 1 nitrogen and oxygen atoms in total. The molecule has 0 heterocycles. The zero-order valence-corrected chi connectivity index (χ0v) is 14.8. The minimum absolute atomic E-state index is 0.188. The average Bonchev–Trinajstić information content (AvgIpc) is 2.50. The van der Waals surface area contributed by atoms with E-state index in [1.807, 2.05) is 12.2 Å². The van der Waals surface area contributed by atoms with Crippen molar-refractivity contribution in [3.05, 3.63) is 55.6 Å². The second-order valence-electron chi connectivity index (χ2n) is 6.37. The van der Waals surface area contributed by atoms with Gasteiger partial charge in [0.1, 0.15) is 0 Å². The van der Waals surface area contributed by atoms with E-state index in [4.69, 9.17) is 0 Å². The van der Waals surface area contributed by atoms with Gasteiger partial charge >= 0.3 is 0 Å². The van der Waals surface area contributed by atoms with E-state index in [1.165, 1.54) is 5.19 Å². The van der Waals surface area contributed by atoms with Gasteiger partial charge in [0.25, 0.3) is 0 Å². The van der Waals surface area contributed by atoms with E-state index in [-0.39, 0.29) is 11.1 Å². The zero-order valence-electron chi connectivity index (χ0n) is 13.8. The van der Waals surface area contributed by atoms with Gasteiger partial charge in [-0.05, 0) is 19.3 Å². The number of allylic oxidation sites excluding steroid dienone is 1. The van der Waals surface area contributed by atoms with Gasteiger partial charge in [0, 0.05) is 5.04 Å². The smallest absolute Gasteiger partial charge is 0.0935 e. The van der Waals surface area contributed by atoms with Gasteiger partial charge in [0.2, 0.25) is 0 Å². The molecule has 0 saturated heterocycles. The van der Waals surface area contributed by atoms with Crippen LogP contribution in [0.2, 0.25) is 18.1 Å². The Labute approximate surface area is 131 Å². The number of rotatable bonds is 9. The van der Waals surface area contributed by atoms with Gasteiger partial charge in [0.15, 0.2) is 0 Å². The third kappa shape index (κ3) is 3.56. The standard InChI is InChI=1S/C19H30OSi/c1-6-9-15-18(20)19(8-3,16-7-2)21(4,5)17-13-11-10-12-14-17/h6,8,10-14,18,20H,1,3,7,9,15-16H2,2,4-5H3/t18-,19+/m1/s1. The van der Waals surface area contributed by atoms with Crippen LogP contribution < -0.4 is 5.19 Å². The molecule has 0 aliphatic rings. The van der Waals surface area contributed by atoms with Crippen molar-refractivity contribution in [2.75, 3.05) is 0 Å². The SMILES string of the molecule is C=CCC[C@@H](O)[C@](C=C)(CCC)[Si](C)(C)c1ccccc1. The molecule has 1 aromatic rings. The van der Waals surface area contributed by atoms with Crippen LogP contribution in [0.15, 0.2) is 55.6 Å². The van der Waals surface area contributed by atoms with Crippen LogP contribution in [-0.4, -0.2) is 19.3 Å². The second kappa shape index (κ2) is 7.76. The number of benzene rings is 1. The van der Waals surface area contributed by atoms with Crippen molar-refractivity contribution in [2.24, 2.45) is 0 Å². The van der Waals surface area contributed by atoms with E-state index in [1.54, 1.807) is 0 Å². The van der Waals surface area contributed by atoms with Crippen LogP contribution in [0.3, 0.4) is 0 Å². The summed E-state index contributed by atoms with van der Waals surface area (Å²) in [7, 11) is -1.90. The Morgan fingerprint density at radius 3 is 2.33 bits per heavy atom. The Balaban J connectivity index is 3.28. The highest BCUT2D eigenvalue weighted by Crippen LogP contribution is 2.48. The van der Waals surface area contributed by atoms with E-state index in [0.717, 1.165) is 25.7 Å². The van der Waals surface area contributed by atoms with Crippen LogP contribution in [0.1, 0.15) is 32.6 Å². The minimum Gasteiger partial charge on any atom is -0.393 e. The van der Waals surface area contributed by atoms with E-state index < -0.39 is 8.07 Å². The maximum absolute atomic E-state index is 10.9. The molecule has 1 aromatic carbocycles. The topological polar surface area (TPSA) is 20.2 Å². The molecule has 0 aliphatic heterocycles. The summed E-state index contributed by atoms with van der Waals surface area (Å²) in [5.74, 6) is 0. The molecule has 0 aliphatic carbocycles. The van der Waals surface area contributed by atoms with Crippen molar-refractivity contribution in [3.8, 4) is 0 Å². The summed E-state index contributed by atoms with van der Waals surface area (Å²) in [5.41, 5.74) is 0. The Kier molecular flexibility index (Phi) is 6.63. The Morgan fingerprint density at radius 2 is 1.86 bits per heavy atom. The lowest BCUT2D eigenvalue weighted by Gasteiger charge is -2.47. The van der Waals surface area contributed by atoms with Gasteiger partial charge in [0.05, 0.1) is 14.2 Å². The summed E-state index contributed by atoms with van der Waals surface area (Å²) >= 11 is 0. The quantitative estimate of drug-likeness (QED) is 0.520. The first-order valence-corrected chi connectivity index (χ1v) is 10.9. The molecule has 116 valence electrons. The third-order valence-corrected chi connectivity index (χ3v) is 9.82. The van der Waals surface area contributed by atoms with Crippen molar-refractivity contribution < 1.29 is 5.11 Å². The van der Waals surface area contributed by atoms with Crippen LogP contribution in [-0.2, 0) is 0 Å². The molecule has 1 rings (SSSR count). The van der Waals surface area contributed by atoms with E-state index in [9.17, 15) is 5.11 Å². The zero-order chi connectivity index (χ0) is 15.9. The van der Waals surface area contributed by atoms with Gasteiger partial charge in [-0.1, -0.05) is 74.1 Å². The van der Waals surface area contributed by atoms with Crippen molar-refractivity contribution >= 4 is 13.3 Å². The fourth-order valence-corrected chi connectivity index (χ4v) is 7.39. The molecule has 0 unspecified atom stereocenters. The highest BCUT2D eigenvalue weighted by Gasteiger charge is 2.49. The molecule has 0 bridgehead atoms. The first kappa shape index (κ1) is 17.9. The average molecular weight is 303 g/mol. The Morgan fingerprint density at radius 1 is 1.24 bits per heavy atom. The highest BCUT2D eigenvalue weighted by molar-refractivity contribution is 6.92. The molecule has 0 aromatic heterocycles. The predicted octanol–water partition coefficient (Wildman–Crippen LogP) is 4.66. The molecule has 1 N–H and O–H groups in total. The van der Waals surface area contributed by atoms with Gasteiger partial charge < -0.3 is 5.11 Å². The molecule has 0 fully saturated rings. The largest absolute Gasteiger partial charge is 0.393 e. The number of hydrogen-bond acceptors (Lipinski definition) is 1. The molecule has 0 spiro atoms. The van der Waals surface area contributed by atoms with Gasteiger partial charge in [-0.2, -0.15) is 0 Å². The fraction of sp³-hybridized carbons (Fsp3) is 0.474. The first-order valence-electron chi connectivity index (χ1n) is 7.94. The lowest BCUT2D eigenvalue weighted by atomic mass is 9.92. The van der Waals surface area contributed by atoms with Gasteiger partial charge in [-0.25, -0.2) is 0 Å². The van der Waals surface area contributed by atoms with Crippen molar-refractivity contribution in [3.63, 3.8) is 0 Å². The summed E-state index contributed by atoms with van der Waals surface area (Å²) in [6, 6.07) is 10.7. The van der Waals surface area contributed by atoms with Crippen molar-refractivity contribution in [1.29, 1.82) is 0 Å². The van der Waals surface area contributed by atoms with Crippen LogP contribution in [0.4, 0.5) is 0 Å². The molecular weight excluding hydrogens is 272 g/mol. The fourth-order valence-electron chi connectivity index (χ4n) is 3.46. The second-order valence-corrected chi connectivity index (χ2v) is 11.1. The van der Waals surface area contributed by atoms with Gasteiger partial charge in [-0.3, -0.25) is 0 Å². The summed E-state index contributed by atoms with van der Waals surface area (Å²) in [6.07, 6.45) is 7.24. The highest BCUT2D eigenvalue weighted by atomic mass is 28.3. The number of aliphatic hydroxyl groups is 1. The van der Waals surface area contributed by atoms with Crippen LogP contribution in [0.25, 0.3) is 0 Å². The monoisotopic (exact) mass is 302 g/mol. The lowest BCUT2D eigenvalue weighted by Crippen LogP contribution is -2.56. The summed E-state index contributed by atoms with van der Waals surface area (Å²) < 4.78 is 0. The molecular formula is C19H30OSi. The number of hydrogen-bond donors (Lipinski definition) is 1. The normalized spacial score (nSPS) is 16.0. The van der Waals surface area contributed by atoms with Crippen LogP contribution >= 0.6 is 0 Å². The first-order chi connectivity index (χ1) is 9.96. The minimum atomic E-state index is -1.90. The molecule has 2 atom stereocenters. The van der Waals surface area contributed by atoms with Gasteiger partial charge in [-0.15, -0.1) is 13.2 Å². The molecule has 0 saturated carbocycles. The maximum Gasteiger partial charge on any atom is 0.0935 e. The van der Waals surface area contributed by atoms with Crippen LogP contribution in [0.5, 0.6) is 0 Å². The summed E-state index contributed by atoms with van der Waals surface area (Å²) in [6.45, 7) is 14.8. The van der Waals surface area contributed by atoms with E-state index in [0.29, 0.717) is 0 Å². The van der Waals surface area contributed by atoms with Crippen LogP contribution in [0, 0.1) is 0 Å².